The van der Waals surface area contributed by atoms with Crippen LogP contribution in [0.4, 0.5) is 4.39 Å². The Morgan fingerprint density at radius 2 is 1.83 bits per heavy atom. The molecule has 1 aromatic carbocycles. The molecule has 18 heavy (non-hydrogen) atoms. The zero-order valence-electron chi connectivity index (χ0n) is 10.1. The Morgan fingerprint density at radius 1 is 1.28 bits per heavy atom. The molecule has 0 aliphatic carbocycles. The normalized spacial score (nSPS) is 15.8. The lowest BCUT2D eigenvalue weighted by Gasteiger charge is -2.10. The summed E-state index contributed by atoms with van der Waals surface area (Å²) in [6.07, 6.45) is 0. The van der Waals surface area contributed by atoms with Crippen LogP contribution in [0.1, 0.15) is 6.92 Å². The van der Waals surface area contributed by atoms with E-state index in [2.05, 4.69) is 0 Å². The fourth-order valence-electron chi connectivity index (χ4n) is 1.78. The molecule has 1 heterocycles. The second kappa shape index (κ2) is 5.52. The highest BCUT2D eigenvalue weighted by Crippen LogP contribution is 2.18. The number of benzene rings is 1. The van der Waals surface area contributed by atoms with E-state index in [0.29, 0.717) is 18.9 Å². The minimum absolute atomic E-state index is 0. The zero-order chi connectivity index (χ0) is 12.6. The molecule has 0 spiro atoms. The smallest absolute Gasteiger partial charge is 0.330 e. The molecule has 0 bridgehead atoms. The lowest BCUT2D eigenvalue weighted by molar-refractivity contribution is -0.486. The summed E-state index contributed by atoms with van der Waals surface area (Å²) in [7, 11) is -1.71. The van der Waals surface area contributed by atoms with Crippen molar-refractivity contribution in [2.24, 2.45) is 0 Å². The van der Waals surface area contributed by atoms with Gasteiger partial charge in [0.25, 0.3) is 5.84 Å². The summed E-state index contributed by atoms with van der Waals surface area (Å²) in [5.74, 6) is 0.248. The molecule has 1 aliphatic heterocycles. The van der Waals surface area contributed by atoms with Crippen molar-refractivity contribution in [2.75, 3.05) is 20.1 Å². The van der Waals surface area contributed by atoms with Crippen molar-refractivity contribution in [3.8, 4) is 0 Å². The van der Waals surface area contributed by atoms with Gasteiger partial charge < -0.3 is 24.0 Å². The van der Waals surface area contributed by atoms with Crippen LogP contribution in [0.15, 0.2) is 29.2 Å². The van der Waals surface area contributed by atoms with E-state index in [0.717, 1.165) is 12.1 Å². The molecule has 0 amide bonds. The van der Waals surface area contributed by atoms with E-state index in [4.69, 9.17) is 0 Å². The van der Waals surface area contributed by atoms with Gasteiger partial charge in [0.05, 0.1) is 7.05 Å². The Hall–Kier alpha value is -0.700. The van der Waals surface area contributed by atoms with Crippen molar-refractivity contribution < 1.29 is 41.4 Å². The Kier molecular flexibility index (Phi) is 4.71. The molecule has 0 unspecified atom stereocenters. The van der Waals surface area contributed by atoms with Gasteiger partial charge in [-0.05, 0) is 24.3 Å². The van der Waals surface area contributed by atoms with E-state index in [1.165, 1.54) is 16.4 Å². The van der Waals surface area contributed by atoms with E-state index in [1.54, 1.807) is 6.92 Å². The van der Waals surface area contributed by atoms with Crippen molar-refractivity contribution in [2.45, 2.75) is 11.8 Å². The largest absolute Gasteiger partial charge is 1.00 e. The molecule has 0 fully saturated rings. The maximum Gasteiger partial charge on any atom is 0.330 e. The molecule has 1 aromatic rings. The first-order valence-electron chi connectivity index (χ1n) is 5.26. The fraction of sp³-hybridized carbons (Fsp3) is 0.364. The van der Waals surface area contributed by atoms with E-state index in [9.17, 15) is 12.8 Å². The molecule has 0 saturated carbocycles. The van der Waals surface area contributed by atoms with E-state index in [1.807, 2.05) is 11.6 Å². The second-order valence-electron chi connectivity index (χ2n) is 4.00. The number of hydrogen-bond acceptors (Lipinski definition) is 2. The summed E-state index contributed by atoms with van der Waals surface area (Å²) >= 11 is 0. The van der Waals surface area contributed by atoms with Crippen molar-refractivity contribution in [1.82, 2.24) is 4.31 Å². The molecule has 0 aromatic heterocycles. The van der Waals surface area contributed by atoms with Crippen LogP contribution in [0.2, 0.25) is 0 Å². The Morgan fingerprint density at radius 3 is 2.28 bits per heavy atom. The molecular weight excluding hydrogens is 370 g/mol. The quantitative estimate of drug-likeness (QED) is 0.433. The first kappa shape index (κ1) is 15.4. The molecule has 100 valence electrons. The van der Waals surface area contributed by atoms with Gasteiger partial charge in [-0.25, -0.2) is 4.39 Å². The topological polar surface area (TPSA) is 40.4 Å². The number of nitrogens with zero attached hydrogens (tertiary/aromatic N) is 2. The van der Waals surface area contributed by atoms with Crippen LogP contribution in [0.25, 0.3) is 0 Å². The highest BCUT2D eigenvalue weighted by atomic mass is 127. The molecule has 0 radical (unpaired) electrons. The van der Waals surface area contributed by atoms with Crippen molar-refractivity contribution >= 4 is 15.9 Å². The molecule has 0 N–H and O–H groups in total. The summed E-state index contributed by atoms with van der Waals surface area (Å²) < 4.78 is 40.5. The van der Waals surface area contributed by atoms with Gasteiger partial charge in [0.2, 0.25) is 0 Å². The molecule has 7 heteroatoms. The maximum atomic E-state index is 12.8. The Labute approximate surface area is 123 Å². The van der Waals surface area contributed by atoms with Gasteiger partial charge in [-0.15, -0.1) is 4.31 Å². The molecule has 1 aliphatic rings. The van der Waals surface area contributed by atoms with E-state index >= 15 is 0 Å². The van der Waals surface area contributed by atoms with Gasteiger partial charge in [-0.1, -0.05) is 0 Å². The van der Waals surface area contributed by atoms with E-state index in [-0.39, 0.29) is 28.9 Å². The monoisotopic (exact) mass is 384 g/mol. The minimum Gasteiger partial charge on any atom is -1.00 e. The number of sulfonamides is 1. The average molecular weight is 384 g/mol. The second-order valence-corrected chi connectivity index (χ2v) is 5.86. The predicted molar refractivity (Wildman–Crippen MR) is 62.0 cm³/mol. The Bertz CT molecular complexity index is 569. The summed E-state index contributed by atoms with van der Waals surface area (Å²) in [5.41, 5.74) is 0. The number of rotatable bonds is 2. The summed E-state index contributed by atoms with van der Waals surface area (Å²) in [5, 5.41) is 0. The molecule has 2 rings (SSSR count). The molecule has 4 nitrogen and oxygen atoms in total. The van der Waals surface area contributed by atoms with Crippen LogP contribution >= 0.6 is 0 Å². The van der Waals surface area contributed by atoms with Crippen LogP contribution in [0.5, 0.6) is 0 Å². The van der Waals surface area contributed by atoms with Gasteiger partial charge in [0, 0.05) is 6.92 Å². The number of hydrogen-bond donors (Lipinski definition) is 0. The van der Waals surface area contributed by atoms with Crippen LogP contribution in [-0.4, -0.2) is 43.3 Å². The van der Waals surface area contributed by atoms with Crippen LogP contribution in [0, 0.1) is 5.82 Å². The molecule has 0 atom stereocenters. The lowest BCUT2D eigenvalue weighted by atomic mass is 10.4. The lowest BCUT2D eigenvalue weighted by Crippen LogP contribution is -3.00. The Balaban J connectivity index is 0.00000162. The number of halogens is 2. The fourth-order valence-corrected chi connectivity index (χ4v) is 3.33. The van der Waals surface area contributed by atoms with E-state index < -0.39 is 15.8 Å². The first-order valence-corrected chi connectivity index (χ1v) is 6.70. The highest BCUT2D eigenvalue weighted by molar-refractivity contribution is 7.89. The van der Waals surface area contributed by atoms with Gasteiger partial charge in [-0.2, -0.15) is 8.42 Å². The minimum atomic E-state index is -3.55. The van der Waals surface area contributed by atoms with Gasteiger partial charge in [-0.3, -0.25) is 4.58 Å². The zero-order valence-corrected chi connectivity index (χ0v) is 13.1. The van der Waals surface area contributed by atoms with Gasteiger partial charge >= 0.3 is 10.0 Å². The third-order valence-corrected chi connectivity index (χ3v) is 4.85. The van der Waals surface area contributed by atoms with Crippen molar-refractivity contribution in [1.29, 1.82) is 0 Å². The molecule has 0 saturated heterocycles. The van der Waals surface area contributed by atoms with Crippen molar-refractivity contribution in [3.05, 3.63) is 30.1 Å². The SMILES string of the molecule is CC1=[N+](C)CCN1S(=O)(=O)c1ccc(F)cc1.[I-]. The average Bonchev–Trinajstić information content (AvgIpc) is 2.61. The summed E-state index contributed by atoms with van der Waals surface area (Å²) in [4.78, 5) is 0.119. The van der Waals surface area contributed by atoms with Gasteiger partial charge in [0.15, 0.2) is 0 Å². The highest BCUT2D eigenvalue weighted by Gasteiger charge is 2.37. The third kappa shape index (κ3) is 2.66. The van der Waals surface area contributed by atoms with Gasteiger partial charge in [0.1, 0.15) is 23.8 Å². The number of amidine groups is 1. The van der Waals surface area contributed by atoms with Crippen LogP contribution in [0.3, 0.4) is 0 Å². The summed E-state index contributed by atoms with van der Waals surface area (Å²) in [6.45, 7) is 2.86. The number of likely N-dealkylation sites (N-methyl/N-ethyl adjacent to an activating group) is 1. The predicted octanol–water partition coefficient (Wildman–Crippen LogP) is -2.11. The van der Waals surface area contributed by atoms with Crippen molar-refractivity contribution in [3.63, 3.8) is 0 Å². The van der Waals surface area contributed by atoms with Crippen LogP contribution in [-0.2, 0) is 10.0 Å². The maximum absolute atomic E-state index is 12.8. The molecular formula is C11H14FIN2O2S. The third-order valence-electron chi connectivity index (χ3n) is 2.95. The summed E-state index contributed by atoms with van der Waals surface area (Å²) in [6, 6.07) is 4.89. The van der Waals surface area contributed by atoms with Crippen LogP contribution < -0.4 is 24.0 Å². The first-order chi connectivity index (χ1) is 7.93. The standard InChI is InChI=1S/C11H14FN2O2S.HI/c1-9-13(2)7-8-14(9)17(15,16)11-5-3-10(12)4-6-11;/h3-6H,7-8H2,1-2H3;1H/q+1;/p-1.